The number of hydrogen-bond acceptors (Lipinski definition) is 2. The Kier molecular flexibility index (Phi) is 4.21. The van der Waals surface area contributed by atoms with E-state index in [-0.39, 0.29) is 12.1 Å². The summed E-state index contributed by atoms with van der Waals surface area (Å²) in [6.07, 6.45) is -0.167. The molecule has 0 fully saturated rings. The quantitative estimate of drug-likeness (QED) is 0.718. The van der Waals surface area contributed by atoms with Crippen LogP contribution in [0.1, 0.15) is 38.8 Å². The SMILES string of the molecule is Cc1cc(C)cc(N[C@H]2c3ccccc3C(=O)N2Cc2ccccc2)c1. The van der Waals surface area contributed by atoms with Crippen molar-refractivity contribution in [3.05, 3.63) is 101 Å². The molecule has 1 heterocycles. The van der Waals surface area contributed by atoms with Crippen LogP contribution < -0.4 is 5.32 Å². The number of carbonyl (C=O) groups excluding carboxylic acids is 1. The van der Waals surface area contributed by atoms with Crippen LogP contribution in [-0.4, -0.2) is 10.8 Å². The van der Waals surface area contributed by atoms with Gasteiger partial charge >= 0.3 is 0 Å². The molecular weight excluding hydrogens is 320 g/mol. The normalized spacial score (nSPS) is 15.8. The van der Waals surface area contributed by atoms with Crippen LogP contribution in [-0.2, 0) is 6.54 Å². The average Bonchev–Trinajstić information content (AvgIpc) is 2.88. The van der Waals surface area contributed by atoms with Crippen LogP contribution in [0, 0.1) is 13.8 Å². The fraction of sp³-hybridized carbons (Fsp3) is 0.174. The highest BCUT2D eigenvalue weighted by molar-refractivity contribution is 5.99. The van der Waals surface area contributed by atoms with Crippen LogP contribution in [0.3, 0.4) is 0 Å². The monoisotopic (exact) mass is 342 g/mol. The predicted octanol–water partition coefficient (Wildman–Crippen LogP) is 5.07. The summed E-state index contributed by atoms with van der Waals surface area (Å²) in [5.41, 5.74) is 6.40. The van der Waals surface area contributed by atoms with Crippen LogP contribution in [0.5, 0.6) is 0 Å². The molecule has 130 valence electrons. The van der Waals surface area contributed by atoms with Gasteiger partial charge in [-0.3, -0.25) is 4.79 Å². The largest absolute Gasteiger partial charge is 0.361 e. The highest BCUT2D eigenvalue weighted by Gasteiger charge is 2.36. The lowest BCUT2D eigenvalue weighted by Crippen LogP contribution is -2.31. The fourth-order valence-corrected chi connectivity index (χ4v) is 3.68. The molecule has 1 amide bonds. The van der Waals surface area contributed by atoms with Crippen molar-refractivity contribution in [2.75, 3.05) is 5.32 Å². The van der Waals surface area contributed by atoms with Crippen molar-refractivity contribution in [1.29, 1.82) is 0 Å². The highest BCUT2D eigenvalue weighted by Crippen LogP contribution is 2.35. The van der Waals surface area contributed by atoms with E-state index in [1.165, 1.54) is 11.1 Å². The maximum atomic E-state index is 13.0. The zero-order chi connectivity index (χ0) is 18.1. The standard InChI is InChI=1S/C23H22N2O/c1-16-12-17(2)14-19(13-16)24-22-20-10-6-7-11-21(20)23(26)25(22)15-18-8-4-3-5-9-18/h3-14,22,24H,15H2,1-2H3/t22-/m1/s1. The number of anilines is 1. The molecule has 1 N–H and O–H groups in total. The number of benzene rings is 3. The van der Waals surface area contributed by atoms with E-state index in [9.17, 15) is 4.79 Å². The summed E-state index contributed by atoms with van der Waals surface area (Å²) in [5.74, 6) is 0.0753. The van der Waals surface area contributed by atoms with Gasteiger partial charge in [0.2, 0.25) is 0 Å². The second-order valence-corrected chi connectivity index (χ2v) is 6.93. The van der Waals surface area contributed by atoms with Crippen molar-refractivity contribution >= 4 is 11.6 Å². The molecule has 1 aliphatic heterocycles. The Hall–Kier alpha value is -3.07. The van der Waals surface area contributed by atoms with Gasteiger partial charge in [-0.25, -0.2) is 0 Å². The van der Waals surface area contributed by atoms with Gasteiger partial charge in [0, 0.05) is 23.4 Å². The van der Waals surface area contributed by atoms with Gasteiger partial charge in [-0.05, 0) is 48.7 Å². The Morgan fingerprint density at radius 1 is 0.885 bits per heavy atom. The van der Waals surface area contributed by atoms with Gasteiger partial charge in [-0.15, -0.1) is 0 Å². The smallest absolute Gasteiger partial charge is 0.256 e. The third-order valence-electron chi connectivity index (χ3n) is 4.78. The molecular formula is C23H22N2O. The van der Waals surface area contributed by atoms with Crippen molar-refractivity contribution in [3.63, 3.8) is 0 Å². The molecule has 1 aliphatic rings. The first-order valence-electron chi connectivity index (χ1n) is 8.90. The third-order valence-corrected chi connectivity index (χ3v) is 4.78. The number of carbonyl (C=O) groups is 1. The van der Waals surface area contributed by atoms with Crippen molar-refractivity contribution < 1.29 is 4.79 Å². The number of nitrogens with one attached hydrogen (secondary N) is 1. The Morgan fingerprint density at radius 2 is 1.54 bits per heavy atom. The van der Waals surface area contributed by atoms with Crippen LogP contribution in [0.2, 0.25) is 0 Å². The molecule has 0 unspecified atom stereocenters. The number of nitrogens with zero attached hydrogens (tertiary/aromatic N) is 1. The van der Waals surface area contributed by atoms with Crippen LogP contribution in [0.4, 0.5) is 5.69 Å². The molecule has 3 aromatic rings. The Morgan fingerprint density at radius 3 is 2.27 bits per heavy atom. The molecule has 26 heavy (non-hydrogen) atoms. The van der Waals surface area contributed by atoms with E-state index in [0.29, 0.717) is 6.54 Å². The summed E-state index contributed by atoms with van der Waals surface area (Å²) in [6, 6.07) is 24.4. The molecule has 4 rings (SSSR count). The maximum Gasteiger partial charge on any atom is 0.256 e. The molecule has 0 aromatic heterocycles. The van der Waals surface area contributed by atoms with E-state index in [4.69, 9.17) is 0 Å². The van der Waals surface area contributed by atoms with Crippen molar-refractivity contribution in [1.82, 2.24) is 4.90 Å². The van der Waals surface area contributed by atoms with E-state index in [1.807, 2.05) is 47.4 Å². The van der Waals surface area contributed by atoms with Gasteiger partial charge < -0.3 is 10.2 Å². The van der Waals surface area contributed by atoms with E-state index in [1.54, 1.807) is 0 Å². The minimum Gasteiger partial charge on any atom is -0.361 e. The number of rotatable bonds is 4. The lowest BCUT2D eigenvalue weighted by atomic mass is 10.1. The van der Waals surface area contributed by atoms with Crippen molar-refractivity contribution in [3.8, 4) is 0 Å². The zero-order valence-corrected chi connectivity index (χ0v) is 15.1. The van der Waals surface area contributed by atoms with Gasteiger partial charge in [-0.1, -0.05) is 54.6 Å². The van der Waals surface area contributed by atoms with Crippen LogP contribution in [0.25, 0.3) is 0 Å². The second kappa shape index (κ2) is 6.68. The minimum atomic E-state index is -0.167. The summed E-state index contributed by atoms with van der Waals surface area (Å²) < 4.78 is 0. The van der Waals surface area contributed by atoms with Gasteiger partial charge in [0.25, 0.3) is 5.91 Å². The third kappa shape index (κ3) is 3.08. The second-order valence-electron chi connectivity index (χ2n) is 6.93. The number of hydrogen-bond donors (Lipinski definition) is 1. The summed E-state index contributed by atoms with van der Waals surface area (Å²) in [4.78, 5) is 14.9. The molecule has 1 atom stereocenters. The molecule has 0 radical (unpaired) electrons. The average molecular weight is 342 g/mol. The number of aryl methyl sites for hydroxylation is 2. The topological polar surface area (TPSA) is 32.3 Å². The number of fused-ring (bicyclic) bond motifs is 1. The number of amides is 1. The van der Waals surface area contributed by atoms with Crippen LogP contribution in [0.15, 0.2) is 72.8 Å². The summed E-state index contributed by atoms with van der Waals surface area (Å²) in [6.45, 7) is 4.76. The first kappa shape index (κ1) is 16.4. The minimum absolute atomic E-state index is 0.0753. The highest BCUT2D eigenvalue weighted by atomic mass is 16.2. The Balaban J connectivity index is 1.71. The lowest BCUT2D eigenvalue weighted by Gasteiger charge is -2.27. The first-order chi connectivity index (χ1) is 12.6. The molecule has 3 aromatic carbocycles. The van der Waals surface area contributed by atoms with E-state index in [2.05, 4.69) is 49.5 Å². The van der Waals surface area contributed by atoms with E-state index in [0.717, 1.165) is 22.4 Å². The molecule has 0 spiro atoms. The van der Waals surface area contributed by atoms with E-state index < -0.39 is 0 Å². The molecule has 3 nitrogen and oxygen atoms in total. The predicted molar refractivity (Wildman–Crippen MR) is 105 cm³/mol. The molecule has 0 bridgehead atoms. The first-order valence-corrected chi connectivity index (χ1v) is 8.90. The lowest BCUT2D eigenvalue weighted by molar-refractivity contribution is 0.0729. The Labute approximate surface area is 154 Å². The molecule has 0 saturated heterocycles. The van der Waals surface area contributed by atoms with Gasteiger partial charge in [0.1, 0.15) is 6.17 Å². The van der Waals surface area contributed by atoms with Gasteiger partial charge in [0.15, 0.2) is 0 Å². The van der Waals surface area contributed by atoms with Crippen molar-refractivity contribution in [2.45, 2.75) is 26.6 Å². The van der Waals surface area contributed by atoms with E-state index >= 15 is 0 Å². The van der Waals surface area contributed by atoms with Crippen LogP contribution >= 0.6 is 0 Å². The molecule has 3 heteroatoms. The van der Waals surface area contributed by atoms with Gasteiger partial charge in [0.05, 0.1) is 0 Å². The molecule has 0 aliphatic carbocycles. The Bertz CT molecular complexity index is 929. The van der Waals surface area contributed by atoms with Gasteiger partial charge in [-0.2, -0.15) is 0 Å². The molecule has 0 saturated carbocycles. The fourth-order valence-electron chi connectivity index (χ4n) is 3.68. The maximum absolute atomic E-state index is 13.0. The summed E-state index contributed by atoms with van der Waals surface area (Å²) >= 11 is 0. The summed E-state index contributed by atoms with van der Waals surface area (Å²) in [7, 11) is 0. The summed E-state index contributed by atoms with van der Waals surface area (Å²) in [5, 5.41) is 3.58. The van der Waals surface area contributed by atoms with Crippen molar-refractivity contribution in [2.24, 2.45) is 0 Å². The zero-order valence-electron chi connectivity index (χ0n) is 15.1.